The van der Waals surface area contributed by atoms with Gasteiger partial charge in [0.15, 0.2) is 0 Å². The van der Waals surface area contributed by atoms with Crippen molar-refractivity contribution in [2.24, 2.45) is 0 Å². The fourth-order valence-corrected chi connectivity index (χ4v) is 3.19. The van der Waals surface area contributed by atoms with Crippen molar-refractivity contribution >= 4 is 32.3 Å². The molecule has 1 N–H and O–H groups in total. The molecule has 22 heavy (non-hydrogen) atoms. The Morgan fingerprint density at radius 2 is 1.14 bits per heavy atom. The molecule has 0 amide bonds. The summed E-state index contributed by atoms with van der Waals surface area (Å²) in [7, 11) is 0. The first kappa shape index (κ1) is 12.9. The van der Waals surface area contributed by atoms with E-state index < -0.39 is 6.10 Å². The summed E-state index contributed by atoms with van der Waals surface area (Å²) in [6.07, 6.45) is 4.49. The summed E-state index contributed by atoms with van der Waals surface area (Å²) in [4.78, 5) is 0. The summed E-state index contributed by atoms with van der Waals surface area (Å²) < 4.78 is 0. The molecule has 1 nitrogen and oxygen atoms in total. The first-order valence-corrected chi connectivity index (χ1v) is 7.27. The van der Waals surface area contributed by atoms with Crippen molar-refractivity contribution in [3.05, 3.63) is 72.3 Å². The maximum atomic E-state index is 9.94. The number of aliphatic hydroxyl groups is 1. The van der Waals surface area contributed by atoms with Crippen molar-refractivity contribution < 1.29 is 5.11 Å². The van der Waals surface area contributed by atoms with Crippen LogP contribution in [0.1, 0.15) is 11.7 Å². The van der Waals surface area contributed by atoms with Crippen molar-refractivity contribution in [1.82, 2.24) is 0 Å². The van der Waals surface area contributed by atoms with Crippen molar-refractivity contribution in [3.63, 3.8) is 0 Å². The molecule has 0 aromatic heterocycles. The molecule has 104 valence electrons. The van der Waals surface area contributed by atoms with Crippen LogP contribution in [-0.4, -0.2) is 5.11 Å². The van der Waals surface area contributed by atoms with E-state index >= 15 is 0 Å². The van der Waals surface area contributed by atoms with Crippen LogP contribution in [0.2, 0.25) is 0 Å². The number of benzene rings is 4. The van der Waals surface area contributed by atoms with Crippen LogP contribution in [0.5, 0.6) is 0 Å². The summed E-state index contributed by atoms with van der Waals surface area (Å²) >= 11 is 0. The van der Waals surface area contributed by atoms with Crippen molar-refractivity contribution in [1.29, 1.82) is 0 Å². The quantitative estimate of drug-likeness (QED) is 0.392. The smallest absolute Gasteiger partial charge is 0.140 e. The summed E-state index contributed by atoms with van der Waals surface area (Å²) in [5, 5.41) is 17.1. The Kier molecular flexibility index (Phi) is 2.85. The zero-order valence-corrected chi connectivity index (χ0v) is 12.0. The van der Waals surface area contributed by atoms with E-state index in [-0.39, 0.29) is 0 Å². The summed E-state index contributed by atoms with van der Waals surface area (Å²) in [6, 6.07) is 22.8. The van der Waals surface area contributed by atoms with E-state index in [1.165, 1.54) is 26.9 Å². The lowest BCUT2D eigenvalue weighted by Gasteiger charge is -2.12. The Hall–Kier alpha value is -2.82. The topological polar surface area (TPSA) is 20.2 Å². The Labute approximate surface area is 128 Å². The lowest BCUT2D eigenvalue weighted by molar-refractivity contribution is 0.239. The van der Waals surface area contributed by atoms with E-state index in [1.807, 2.05) is 18.2 Å². The SMILES string of the molecule is C#CC(O)c1ccc2c3ccccc3c3ccccc3c2c1. The van der Waals surface area contributed by atoms with Crippen LogP contribution < -0.4 is 0 Å². The summed E-state index contributed by atoms with van der Waals surface area (Å²) in [5.74, 6) is 2.39. The van der Waals surface area contributed by atoms with E-state index in [1.54, 1.807) is 0 Å². The van der Waals surface area contributed by atoms with Crippen molar-refractivity contribution in [3.8, 4) is 12.3 Å². The highest BCUT2D eigenvalue weighted by Crippen LogP contribution is 2.35. The molecule has 1 atom stereocenters. The highest BCUT2D eigenvalue weighted by atomic mass is 16.3. The summed E-state index contributed by atoms with van der Waals surface area (Å²) in [5.41, 5.74) is 0.760. The van der Waals surface area contributed by atoms with Gasteiger partial charge in [-0.3, -0.25) is 0 Å². The normalized spacial score (nSPS) is 12.5. The van der Waals surface area contributed by atoms with Gasteiger partial charge in [0.1, 0.15) is 6.10 Å². The number of aliphatic hydroxyl groups excluding tert-OH is 1. The first-order chi connectivity index (χ1) is 10.8. The van der Waals surface area contributed by atoms with Crippen LogP contribution in [0.15, 0.2) is 66.7 Å². The molecule has 0 bridgehead atoms. The molecule has 0 saturated carbocycles. The highest BCUT2D eigenvalue weighted by Gasteiger charge is 2.10. The molecule has 0 fully saturated rings. The Balaban J connectivity index is 2.25. The standard InChI is InChI=1S/C21H14O/c1-2-21(22)14-11-12-19-17-9-4-3-7-15(17)16-8-5-6-10-18(16)20(19)13-14/h1,3-13,21-22H. The third-order valence-corrected chi connectivity index (χ3v) is 4.24. The number of hydrogen-bond donors (Lipinski definition) is 1. The Morgan fingerprint density at radius 1 is 0.682 bits per heavy atom. The zero-order chi connectivity index (χ0) is 15.1. The lowest BCUT2D eigenvalue weighted by atomic mass is 9.92. The maximum absolute atomic E-state index is 9.94. The van der Waals surface area contributed by atoms with Crippen LogP contribution >= 0.6 is 0 Å². The maximum Gasteiger partial charge on any atom is 0.140 e. The van der Waals surface area contributed by atoms with E-state index in [0.717, 1.165) is 10.9 Å². The third-order valence-electron chi connectivity index (χ3n) is 4.24. The second kappa shape index (κ2) is 4.87. The van der Waals surface area contributed by atoms with Gasteiger partial charge in [0, 0.05) is 0 Å². The molecular weight excluding hydrogens is 268 g/mol. The van der Waals surface area contributed by atoms with E-state index in [2.05, 4.69) is 54.5 Å². The molecule has 0 aliphatic carbocycles. The van der Waals surface area contributed by atoms with Gasteiger partial charge in [-0.15, -0.1) is 6.42 Å². The molecular formula is C21H14O. The van der Waals surface area contributed by atoms with E-state index in [9.17, 15) is 5.11 Å². The van der Waals surface area contributed by atoms with Crippen LogP contribution in [0.4, 0.5) is 0 Å². The van der Waals surface area contributed by atoms with Gasteiger partial charge in [0.25, 0.3) is 0 Å². The third kappa shape index (κ3) is 1.79. The summed E-state index contributed by atoms with van der Waals surface area (Å²) in [6.45, 7) is 0. The molecule has 1 unspecified atom stereocenters. The molecule has 0 saturated heterocycles. The number of fused-ring (bicyclic) bond motifs is 6. The van der Waals surface area contributed by atoms with Gasteiger partial charge in [0.05, 0.1) is 0 Å². The lowest BCUT2D eigenvalue weighted by Crippen LogP contribution is -1.93. The van der Waals surface area contributed by atoms with Crippen LogP contribution in [0, 0.1) is 12.3 Å². The fraction of sp³-hybridized carbons (Fsp3) is 0.0476. The van der Waals surface area contributed by atoms with E-state index in [0.29, 0.717) is 0 Å². The van der Waals surface area contributed by atoms with Gasteiger partial charge in [-0.05, 0) is 43.9 Å². The van der Waals surface area contributed by atoms with Crippen molar-refractivity contribution in [2.75, 3.05) is 0 Å². The zero-order valence-electron chi connectivity index (χ0n) is 12.0. The largest absolute Gasteiger partial charge is 0.376 e. The van der Waals surface area contributed by atoms with E-state index in [4.69, 9.17) is 6.42 Å². The molecule has 0 aliphatic rings. The minimum Gasteiger partial charge on any atom is -0.376 e. The monoisotopic (exact) mass is 282 g/mol. The predicted molar refractivity (Wildman–Crippen MR) is 92.8 cm³/mol. The van der Waals surface area contributed by atoms with Gasteiger partial charge in [0.2, 0.25) is 0 Å². The molecule has 0 aliphatic heterocycles. The van der Waals surface area contributed by atoms with Crippen molar-refractivity contribution in [2.45, 2.75) is 6.10 Å². The van der Waals surface area contributed by atoms with Crippen LogP contribution in [-0.2, 0) is 0 Å². The Morgan fingerprint density at radius 3 is 1.64 bits per heavy atom. The average molecular weight is 282 g/mol. The molecule has 0 heterocycles. The molecule has 0 spiro atoms. The van der Waals surface area contributed by atoms with Gasteiger partial charge in [-0.1, -0.05) is 66.6 Å². The van der Waals surface area contributed by atoms with Crippen LogP contribution in [0.25, 0.3) is 32.3 Å². The highest BCUT2D eigenvalue weighted by molar-refractivity contribution is 6.25. The molecule has 1 heteroatoms. The van der Waals surface area contributed by atoms with Gasteiger partial charge < -0.3 is 5.11 Å². The molecule has 4 aromatic rings. The first-order valence-electron chi connectivity index (χ1n) is 7.27. The molecule has 0 radical (unpaired) electrons. The number of hydrogen-bond acceptors (Lipinski definition) is 1. The predicted octanol–water partition coefficient (Wildman–Crippen LogP) is 4.81. The van der Waals surface area contributed by atoms with Crippen LogP contribution in [0.3, 0.4) is 0 Å². The molecule has 4 rings (SSSR count). The van der Waals surface area contributed by atoms with Gasteiger partial charge in [-0.25, -0.2) is 0 Å². The van der Waals surface area contributed by atoms with Gasteiger partial charge in [-0.2, -0.15) is 0 Å². The second-order valence-corrected chi connectivity index (χ2v) is 5.47. The fourth-order valence-electron chi connectivity index (χ4n) is 3.19. The average Bonchev–Trinajstić information content (AvgIpc) is 2.61. The molecule has 4 aromatic carbocycles. The minimum absolute atomic E-state index is 0.760. The second-order valence-electron chi connectivity index (χ2n) is 5.47. The number of terminal acetylenes is 1. The van der Waals surface area contributed by atoms with Gasteiger partial charge >= 0.3 is 0 Å². The number of rotatable bonds is 1. The minimum atomic E-state index is -0.866. The Bertz CT molecular complexity index is 1020.